The van der Waals surface area contributed by atoms with Gasteiger partial charge in [-0.3, -0.25) is 0 Å². The molecule has 0 aromatic carbocycles. The Kier molecular flexibility index (Phi) is 4.01. The van der Waals surface area contributed by atoms with E-state index in [0.717, 1.165) is 0 Å². The fraction of sp³-hybridized carbons (Fsp3) is 0.400. The molecule has 2 rings (SSSR count). The average molecular weight is 287 g/mol. The van der Waals surface area contributed by atoms with Crippen LogP contribution in [-0.4, -0.2) is 44.0 Å². The number of alkyl halides is 3. The van der Waals surface area contributed by atoms with Crippen LogP contribution >= 0.6 is 0 Å². The van der Waals surface area contributed by atoms with Gasteiger partial charge in [0.25, 0.3) is 5.95 Å². The van der Waals surface area contributed by atoms with Gasteiger partial charge in [0.1, 0.15) is 6.54 Å². The van der Waals surface area contributed by atoms with Gasteiger partial charge in [0.2, 0.25) is 11.9 Å². The molecule has 2 N–H and O–H groups in total. The van der Waals surface area contributed by atoms with Crippen LogP contribution in [0.2, 0.25) is 0 Å². The molecule has 2 aromatic rings. The van der Waals surface area contributed by atoms with E-state index in [1.54, 1.807) is 12.3 Å². The van der Waals surface area contributed by atoms with Gasteiger partial charge in [-0.05, 0) is 13.0 Å². The molecule has 0 aliphatic heterocycles. The van der Waals surface area contributed by atoms with Crippen molar-refractivity contribution < 1.29 is 13.2 Å². The number of hydrogen-bond donors (Lipinski definition) is 2. The molecular formula is C10H12F3N7. The van der Waals surface area contributed by atoms with Gasteiger partial charge in [0, 0.05) is 18.9 Å². The number of aromatic nitrogens is 5. The first kappa shape index (κ1) is 14.0. The number of nitrogens with one attached hydrogen (secondary N) is 2. The summed E-state index contributed by atoms with van der Waals surface area (Å²) in [4.78, 5) is 11.8. The predicted octanol–water partition coefficient (Wildman–Crippen LogP) is 1.46. The van der Waals surface area contributed by atoms with Crippen molar-refractivity contribution >= 4 is 11.9 Å². The van der Waals surface area contributed by atoms with Crippen LogP contribution in [0.4, 0.5) is 25.1 Å². The molecule has 0 bridgehead atoms. The molecule has 0 radical (unpaired) electrons. The molecule has 10 heteroatoms. The standard InChI is InChI=1S/C10H12F3N7/c1-2-14-7-17-8(15-6-10(11,12)13)19-9(18-7)20-5-3-4-16-20/h3-5H,2,6H2,1H3,(H2,14,15,17,18,19). The smallest absolute Gasteiger partial charge is 0.354 e. The molecule has 2 heterocycles. The first-order chi connectivity index (χ1) is 9.48. The Bertz CT molecular complexity index is 552. The largest absolute Gasteiger partial charge is 0.405 e. The number of nitrogens with zero attached hydrogens (tertiary/aromatic N) is 5. The van der Waals surface area contributed by atoms with E-state index in [4.69, 9.17) is 0 Å². The van der Waals surface area contributed by atoms with E-state index in [-0.39, 0.29) is 17.8 Å². The second-order valence-electron chi connectivity index (χ2n) is 3.73. The minimum Gasteiger partial charge on any atom is -0.354 e. The maximum atomic E-state index is 12.2. The summed E-state index contributed by atoms with van der Waals surface area (Å²) in [5.74, 6) is 0.141. The first-order valence-corrected chi connectivity index (χ1v) is 5.78. The van der Waals surface area contributed by atoms with Crippen molar-refractivity contribution in [1.82, 2.24) is 24.7 Å². The molecule has 0 atom stereocenters. The van der Waals surface area contributed by atoms with Crippen LogP contribution in [-0.2, 0) is 0 Å². The molecule has 0 saturated heterocycles. The summed E-state index contributed by atoms with van der Waals surface area (Å²) in [6.45, 7) is 1.13. The maximum absolute atomic E-state index is 12.2. The zero-order valence-corrected chi connectivity index (χ0v) is 10.5. The first-order valence-electron chi connectivity index (χ1n) is 5.78. The lowest BCUT2D eigenvalue weighted by Crippen LogP contribution is -2.23. The summed E-state index contributed by atoms with van der Waals surface area (Å²) < 4.78 is 37.9. The van der Waals surface area contributed by atoms with Crippen molar-refractivity contribution in [1.29, 1.82) is 0 Å². The van der Waals surface area contributed by atoms with E-state index in [1.807, 2.05) is 6.92 Å². The molecule has 0 unspecified atom stereocenters. The lowest BCUT2D eigenvalue weighted by molar-refractivity contribution is -0.115. The van der Waals surface area contributed by atoms with Crippen LogP contribution < -0.4 is 10.6 Å². The fourth-order valence-electron chi connectivity index (χ4n) is 1.35. The molecule has 7 nitrogen and oxygen atoms in total. The van der Waals surface area contributed by atoms with Crippen molar-refractivity contribution in [2.45, 2.75) is 13.1 Å². The molecule has 0 amide bonds. The monoisotopic (exact) mass is 287 g/mol. The maximum Gasteiger partial charge on any atom is 0.405 e. The highest BCUT2D eigenvalue weighted by Crippen LogP contribution is 2.15. The summed E-state index contributed by atoms with van der Waals surface area (Å²) in [6, 6.07) is 1.65. The Hall–Kier alpha value is -2.39. The molecule has 20 heavy (non-hydrogen) atoms. The molecule has 0 saturated carbocycles. The van der Waals surface area contributed by atoms with Gasteiger partial charge in [-0.15, -0.1) is 0 Å². The summed E-state index contributed by atoms with van der Waals surface area (Å²) in [5, 5.41) is 8.86. The second kappa shape index (κ2) is 5.72. The lowest BCUT2D eigenvalue weighted by atomic mass is 10.6. The van der Waals surface area contributed by atoms with Crippen molar-refractivity contribution in [3.05, 3.63) is 18.5 Å². The normalized spacial score (nSPS) is 11.4. The van der Waals surface area contributed by atoms with E-state index >= 15 is 0 Å². The van der Waals surface area contributed by atoms with Crippen molar-refractivity contribution in [2.24, 2.45) is 0 Å². The minimum absolute atomic E-state index is 0.130. The van der Waals surface area contributed by atoms with Gasteiger partial charge >= 0.3 is 6.18 Å². The Morgan fingerprint density at radius 3 is 2.40 bits per heavy atom. The van der Waals surface area contributed by atoms with E-state index in [0.29, 0.717) is 6.54 Å². The van der Waals surface area contributed by atoms with Crippen LogP contribution in [0.1, 0.15) is 6.92 Å². The molecule has 2 aromatic heterocycles. The Balaban J connectivity index is 2.26. The van der Waals surface area contributed by atoms with Crippen LogP contribution in [0.25, 0.3) is 5.95 Å². The fourth-order valence-corrected chi connectivity index (χ4v) is 1.35. The number of hydrogen-bond acceptors (Lipinski definition) is 6. The van der Waals surface area contributed by atoms with Crippen LogP contribution in [0.15, 0.2) is 18.5 Å². The Labute approximate surface area is 112 Å². The number of anilines is 2. The Morgan fingerprint density at radius 1 is 1.15 bits per heavy atom. The van der Waals surface area contributed by atoms with Crippen LogP contribution in [0.5, 0.6) is 0 Å². The summed E-state index contributed by atoms with van der Waals surface area (Å²) in [5.41, 5.74) is 0. The SMILES string of the molecule is CCNc1nc(NCC(F)(F)F)nc(-n2cccn2)n1. The van der Waals surface area contributed by atoms with Gasteiger partial charge in [0.05, 0.1) is 0 Å². The third kappa shape index (κ3) is 3.80. The van der Waals surface area contributed by atoms with Crippen molar-refractivity contribution in [3.8, 4) is 5.95 Å². The molecule has 108 valence electrons. The van der Waals surface area contributed by atoms with E-state index in [9.17, 15) is 13.2 Å². The predicted molar refractivity (Wildman–Crippen MR) is 65.7 cm³/mol. The van der Waals surface area contributed by atoms with E-state index < -0.39 is 12.7 Å². The lowest BCUT2D eigenvalue weighted by Gasteiger charge is -2.10. The van der Waals surface area contributed by atoms with Gasteiger partial charge in [-0.25, -0.2) is 4.68 Å². The van der Waals surface area contributed by atoms with Gasteiger partial charge in [-0.1, -0.05) is 0 Å². The summed E-state index contributed by atoms with van der Waals surface area (Å²) >= 11 is 0. The number of halogens is 3. The van der Waals surface area contributed by atoms with Gasteiger partial charge < -0.3 is 10.6 Å². The van der Waals surface area contributed by atoms with Crippen LogP contribution in [0.3, 0.4) is 0 Å². The van der Waals surface area contributed by atoms with Crippen molar-refractivity contribution in [3.63, 3.8) is 0 Å². The quantitative estimate of drug-likeness (QED) is 0.866. The zero-order valence-electron chi connectivity index (χ0n) is 10.5. The van der Waals surface area contributed by atoms with E-state index in [1.165, 1.54) is 10.9 Å². The van der Waals surface area contributed by atoms with E-state index in [2.05, 4.69) is 30.7 Å². The highest BCUT2D eigenvalue weighted by atomic mass is 19.4. The highest BCUT2D eigenvalue weighted by Gasteiger charge is 2.27. The summed E-state index contributed by atoms with van der Waals surface area (Å²) in [7, 11) is 0. The third-order valence-electron chi connectivity index (χ3n) is 2.11. The highest BCUT2D eigenvalue weighted by molar-refractivity contribution is 5.37. The molecule has 0 aliphatic carbocycles. The van der Waals surface area contributed by atoms with Gasteiger partial charge in [0.15, 0.2) is 0 Å². The molecule has 0 aliphatic rings. The molecule has 0 fully saturated rings. The zero-order chi connectivity index (χ0) is 14.6. The van der Waals surface area contributed by atoms with Crippen molar-refractivity contribution in [2.75, 3.05) is 23.7 Å². The molecular weight excluding hydrogens is 275 g/mol. The van der Waals surface area contributed by atoms with Gasteiger partial charge in [-0.2, -0.15) is 33.2 Å². The topological polar surface area (TPSA) is 80.5 Å². The summed E-state index contributed by atoms with van der Waals surface area (Å²) in [6.07, 6.45) is -1.25. The average Bonchev–Trinajstić information content (AvgIpc) is 2.89. The third-order valence-corrected chi connectivity index (χ3v) is 2.11. The Morgan fingerprint density at radius 2 is 1.85 bits per heavy atom. The van der Waals surface area contributed by atoms with Crippen LogP contribution in [0, 0.1) is 0 Å². The molecule has 0 spiro atoms. The second-order valence-corrected chi connectivity index (χ2v) is 3.73. The minimum atomic E-state index is -4.35. The number of rotatable bonds is 5.